The van der Waals surface area contributed by atoms with Crippen LogP contribution in [0.1, 0.15) is 29.6 Å². The summed E-state index contributed by atoms with van der Waals surface area (Å²) in [6.07, 6.45) is 3.56. The van der Waals surface area contributed by atoms with Crippen LogP contribution in [0.4, 0.5) is 0 Å². The number of amides is 1. The molecule has 106 valence electrons. The number of carbonyl (C=O) groups is 2. The summed E-state index contributed by atoms with van der Waals surface area (Å²) in [6.45, 7) is 0.0824. The first kappa shape index (κ1) is 13.2. The van der Waals surface area contributed by atoms with Crippen LogP contribution in [-0.2, 0) is 4.79 Å². The molecule has 2 aliphatic carbocycles. The van der Waals surface area contributed by atoms with Crippen molar-refractivity contribution in [2.24, 2.45) is 17.8 Å². The van der Waals surface area contributed by atoms with Gasteiger partial charge >= 0.3 is 0 Å². The van der Waals surface area contributed by atoms with Gasteiger partial charge in [-0.05, 0) is 55.4 Å². The third-order valence-corrected chi connectivity index (χ3v) is 4.24. The average Bonchev–Trinajstić information content (AvgIpc) is 3.35. The number of benzene rings is 1. The van der Waals surface area contributed by atoms with Crippen molar-refractivity contribution in [1.29, 1.82) is 0 Å². The number of Topliss-reactive ketones (excluding diaryl/α,β-unsaturated/α-hetero) is 1. The normalized spacial score (nSPS) is 24.1. The Bertz CT molecular complexity index is 519. The third-order valence-electron chi connectivity index (χ3n) is 4.24. The van der Waals surface area contributed by atoms with Crippen molar-refractivity contribution in [3.05, 3.63) is 29.8 Å². The molecule has 1 amide bonds. The Balaban J connectivity index is 1.47. The second-order valence-electron chi connectivity index (χ2n) is 5.71. The molecular formula is C16H19NO3. The lowest BCUT2D eigenvalue weighted by atomic mass is 10.1. The fourth-order valence-corrected chi connectivity index (χ4v) is 2.74. The zero-order valence-corrected chi connectivity index (χ0v) is 11.6. The van der Waals surface area contributed by atoms with Crippen molar-refractivity contribution in [2.75, 3.05) is 13.7 Å². The molecule has 2 saturated carbocycles. The number of ether oxygens (including phenoxy) is 1. The molecule has 4 nitrogen and oxygen atoms in total. The van der Waals surface area contributed by atoms with E-state index in [0.717, 1.165) is 18.1 Å². The minimum absolute atomic E-state index is 0.0451. The zero-order valence-electron chi connectivity index (χ0n) is 11.6. The molecule has 2 atom stereocenters. The highest BCUT2D eigenvalue weighted by Gasteiger charge is 2.50. The second-order valence-corrected chi connectivity index (χ2v) is 5.71. The standard InChI is InChI=1S/C16H19NO3/c1-20-12-6-4-11(5-7-12)15(18)9-17-16(19)14-8-13(14)10-2-3-10/h4-7,10,13-14H,2-3,8-9H2,1H3,(H,17,19)/t13-,14+/m1/s1. The van der Waals surface area contributed by atoms with Gasteiger partial charge < -0.3 is 10.1 Å². The van der Waals surface area contributed by atoms with E-state index in [1.165, 1.54) is 12.8 Å². The Morgan fingerprint density at radius 1 is 1.25 bits per heavy atom. The van der Waals surface area contributed by atoms with Crippen molar-refractivity contribution >= 4 is 11.7 Å². The maximum atomic E-state index is 12.0. The van der Waals surface area contributed by atoms with E-state index in [4.69, 9.17) is 4.74 Å². The Hall–Kier alpha value is -1.84. The lowest BCUT2D eigenvalue weighted by Crippen LogP contribution is -2.31. The Morgan fingerprint density at radius 2 is 1.95 bits per heavy atom. The largest absolute Gasteiger partial charge is 0.497 e. The molecule has 20 heavy (non-hydrogen) atoms. The maximum absolute atomic E-state index is 12.0. The molecule has 3 rings (SSSR count). The molecule has 1 aromatic carbocycles. The third kappa shape index (κ3) is 2.84. The van der Waals surface area contributed by atoms with E-state index in [0.29, 0.717) is 11.5 Å². The second kappa shape index (κ2) is 5.27. The summed E-state index contributed by atoms with van der Waals surface area (Å²) in [6, 6.07) is 6.94. The van der Waals surface area contributed by atoms with Crippen molar-refractivity contribution in [3.8, 4) is 5.75 Å². The summed E-state index contributed by atoms with van der Waals surface area (Å²) in [5.41, 5.74) is 0.598. The molecule has 0 radical (unpaired) electrons. The van der Waals surface area contributed by atoms with Gasteiger partial charge in [-0.3, -0.25) is 9.59 Å². The molecule has 0 aliphatic heterocycles. The van der Waals surface area contributed by atoms with E-state index < -0.39 is 0 Å². The minimum atomic E-state index is -0.0652. The number of nitrogens with one attached hydrogen (secondary N) is 1. The molecule has 1 N–H and O–H groups in total. The molecule has 4 heteroatoms. The predicted octanol–water partition coefficient (Wildman–Crippen LogP) is 2.04. The fraction of sp³-hybridized carbons (Fsp3) is 0.500. The van der Waals surface area contributed by atoms with E-state index in [-0.39, 0.29) is 24.2 Å². The van der Waals surface area contributed by atoms with Crippen molar-refractivity contribution < 1.29 is 14.3 Å². The predicted molar refractivity (Wildman–Crippen MR) is 74.7 cm³/mol. The van der Waals surface area contributed by atoms with E-state index in [1.54, 1.807) is 31.4 Å². The van der Waals surface area contributed by atoms with Crippen molar-refractivity contribution in [3.63, 3.8) is 0 Å². The van der Waals surface area contributed by atoms with Gasteiger partial charge in [-0.15, -0.1) is 0 Å². The number of ketones is 1. The van der Waals surface area contributed by atoms with Gasteiger partial charge in [0.15, 0.2) is 5.78 Å². The smallest absolute Gasteiger partial charge is 0.223 e. The minimum Gasteiger partial charge on any atom is -0.497 e. The number of hydrogen-bond donors (Lipinski definition) is 1. The zero-order chi connectivity index (χ0) is 14.1. The Labute approximate surface area is 118 Å². The topological polar surface area (TPSA) is 55.4 Å². The van der Waals surface area contributed by atoms with Gasteiger partial charge in [-0.2, -0.15) is 0 Å². The highest BCUT2D eigenvalue weighted by atomic mass is 16.5. The van der Waals surface area contributed by atoms with Gasteiger partial charge in [-0.25, -0.2) is 0 Å². The molecule has 2 fully saturated rings. The van der Waals surface area contributed by atoms with Crippen LogP contribution in [0.25, 0.3) is 0 Å². The first-order chi connectivity index (χ1) is 9.69. The van der Waals surface area contributed by atoms with Gasteiger partial charge in [0, 0.05) is 11.5 Å². The maximum Gasteiger partial charge on any atom is 0.223 e. The summed E-state index contributed by atoms with van der Waals surface area (Å²) in [4.78, 5) is 23.9. The monoisotopic (exact) mass is 273 g/mol. The van der Waals surface area contributed by atoms with Crippen LogP contribution >= 0.6 is 0 Å². The molecule has 0 saturated heterocycles. The van der Waals surface area contributed by atoms with Gasteiger partial charge in [0.1, 0.15) is 5.75 Å². The average molecular weight is 273 g/mol. The number of methoxy groups -OCH3 is 1. The summed E-state index contributed by atoms with van der Waals surface area (Å²) < 4.78 is 5.05. The quantitative estimate of drug-likeness (QED) is 0.807. The van der Waals surface area contributed by atoms with E-state index in [9.17, 15) is 9.59 Å². The van der Waals surface area contributed by atoms with Crippen LogP contribution in [0.15, 0.2) is 24.3 Å². The van der Waals surface area contributed by atoms with E-state index in [1.807, 2.05) is 0 Å². The van der Waals surface area contributed by atoms with Gasteiger partial charge in [0.25, 0.3) is 0 Å². The van der Waals surface area contributed by atoms with Gasteiger partial charge in [0.05, 0.1) is 13.7 Å². The molecule has 0 unspecified atom stereocenters. The van der Waals surface area contributed by atoms with Crippen molar-refractivity contribution in [2.45, 2.75) is 19.3 Å². The Kier molecular flexibility index (Phi) is 3.47. The molecule has 2 aliphatic rings. The molecule has 0 spiro atoms. The van der Waals surface area contributed by atoms with Crippen LogP contribution in [-0.4, -0.2) is 25.3 Å². The number of hydrogen-bond acceptors (Lipinski definition) is 3. The van der Waals surface area contributed by atoms with Crippen molar-refractivity contribution in [1.82, 2.24) is 5.32 Å². The Morgan fingerprint density at radius 3 is 2.55 bits per heavy atom. The number of carbonyl (C=O) groups excluding carboxylic acids is 2. The molecule has 0 aromatic heterocycles. The van der Waals surface area contributed by atoms with Crippen LogP contribution in [0.3, 0.4) is 0 Å². The van der Waals surface area contributed by atoms with Crippen LogP contribution in [0.5, 0.6) is 5.75 Å². The van der Waals surface area contributed by atoms with Crippen LogP contribution < -0.4 is 10.1 Å². The highest BCUT2D eigenvalue weighted by Crippen LogP contribution is 2.54. The summed E-state index contributed by atoms with van der Waals surface area (Å²) in [5, 5.41) is 2.76. The number of rotatable bonds is 6. The molecule has 0 heterocycles. The first-order valence-corrected chi connectivity index (χ1v) is 7.14. The first-order valence-electron chi connectivity index (χ1n) is 7.14. The van der Waals surface area contributed by atoms with Gasteiger partial charge in [-0.1, -0.05) is 0 Å². The van der Waals surface area contributed by atoms with Crippen LogP contribution in [0.2, 0.25) is 0 Å². The SMILES string of the molecule is COc1ccc(C(=O)CNC(=O)[C@H]2C[C@@H]2C2CC2)cc1. The summed E-state index contributed by atoms with van der Waals surface area (Å²) in [5.74, 6) is 2.23. The van der Waals surface area contributed by atoms with Gasteiger partial charge in [0.2, 0.25) is 5.91 Å². The highest BCUT2D eigenvalue weighted by molar-refractivity contribution is 5.99. The van der Waals surface area contributed by atoms with E-state index >= 15 is 0 Å². The van der Waals surface area contributed by atoms with E-state index in [2.05, 4.69) is 5.32 Å². The summed E-state index contributed by atoms with van der Waals surface area (Å²) in [7, 11) is 1.59. The molecule has 1 aromatic rings. The van der Waals surface area contributed by atoms with Crippen LogP contribution in [0, 0.1) is 17.8 Å². The molecule has 0 bridgehead atoms. The molecular weight excluding hydrogens is 254 g/mol. The fourth-order valence-electron chi connectivity index (χ4n) is 2.74. The lowest BCUT2D eigenvalue weighted by Gasteiger charge is -2.05. The lowest BCUT2D eigenvalue weighted by molar-refractivity contribution is -0.122. The summed E-state index contributed by atoms with van der Waals surface area (Å²) >= 11 is 0.